The first kappa shape index (κ1) is 37.2. The van der Waals surface area contributed by atoms with Gasteiger partial charge in [-0.2, -0.15) is 0 Å². The number of amides is 5. The van der Waals surface area contributed by atoms with Crippen LogP contribution in [-0.2, 0) is 32.0 Å². The van der Waals surface area contributed by atoms with Crippen molar-refractivity contribution in [2.24, 2.45) is 16.9 Å². The molecule has 50 heavy (non-hydrogen) atoms. The van der Waals surface area contributed by atoms with Crippen molar-refractivity contribution in [3.05, 3.63) is 75.9 Å². The molecule has 1 aliphatic rings. The molecule has 3 aromatic rings. The molecule has 0 aliphatic carbocycles. The first-order chi connectivity index (χ1) is 23.5. The summed E-state index contributed by atoms with van der Waals surface area (Å²) >= 11 is 0. The number of carbonyl (C=O) groups excluding carboxylic acids is 5. The number of aryl methyl sites for hydroxylation is 3. The zero-order valence-corrected chi connectivity index (χ0v) is 29.2. The van der Waals surface area contributed by atoms with Gasteiger partial charge in [0.2, 0.25) is 29.5 Å². The molecule has 8 N–H and O–H groups in total. The van der Waals surface area contributed by atoms with Crippen LogP contribution < -0.4 is 32.7 Å². The zero-order chi connectivity index (χ0) is 36.7. The Labute approximate surface area is 291 Å². The largest absolute Gasteiger partial charge is 0.368 e. The molecule has 4 rings (SSSR count). The Morgan fingerprint density at radius 3 is 2.36 bits per heavy atom. The smallest absolute Gasteiger partial charge is 0.255 e. The van der Waals surface area contributed by atoms with Crippen LogP contribution in [0.3, 0.4) is 0 Å². The molecule has 2 atom stereocenters. The fourth-order valence-corrected chi connectivity index (χ4v) is 5.57. The molecule has 1 unspecified atom stereocenters. The number of nitrogens with one attached hydrogen (secondary N) is 4. The van der Waals surface area contributed by atoms with E-state index in [0.29, 0.717) is 50.7 Å². The predicted molar refractivity (Wildman–Crippen MR) is 190 cm³/mol. The highest BCUT2D eigenvalue weighted by Gasteiger charge is 2.27. The van der Waals surface area contributed by atoms with Crippen molar-refractivity contribution in [2.75, 3.05) is 18.4 Å². The molecule has 0 saturated heterocycles. The van der Waals surface area contributed by atoms with E-state index >= 15 is 0 Å². The molecule has 13 heteroatoms. The number of fused-ring (bicyclic) bond motifs is 5. The normalized spacial score (nSPS) is 15.3. The lowest BCUT2D eigenvalue weighted by atomic mass is 9.93. The number of rotatable bonds is 7. The molecule has 0 radical (unpaired) electrons. The summed E-state index contributed by atoms with van der Waals surface area (Å²) in [6.45, 7) is 10.9. The van der Waals surface area contributed by atoms with Crippen LogP contribution in [0, 0.1) is 38.0 Å². The van der Waals surface area contributed by atoms with Gasteiger partial charge in [0.25, 0.3) is 5.91 Å². The van der Waals surface area contributed by atoms with Crippen molar-refractivity contribution < 1.29 is 24.0 Å². The number of primary amides is 1. The number of nitrogens with two attached hydrogens (primary N) is 2. The van der Waals surface area contributed by atoms with E-state index in [1.54, 1.807) is 45.0 Å². The number of nitrogens with zero attached hydrogens (tertiary/aromatic N) is 2. The Hall–Kier alpha value is -5.61. The van der Waals surface area contributed by atoms with E-state index in [1.807, 2.05) is 32.9 Å². The first-order valence-corrected chi connectivity index (χ1v) is 16.3. The van der Waals surface area contributed by atoms with Crippen LogP contribution in [0.15, 0.2) is 36.4 Å². The van der Waals surface area contributed by atoms with Gasteiger partial charge in [0, 0.05) is 17.4 Å². The molecule has 262 valence electrons. The monoisotopic (exact) mass is 680 g/mol. The van der Waals surface area contributed by atoms with Crippen molar-refractivity contribution in [2.45, 2.75) is 72.9 Å². The van der Waals surface area contributed by atoms with Crippen LogP contribution in [0.5, 0.6) is 0 Å². The molecule has 2 heterocycles. The quantitative estimate of drug-likeness (QED) is 0.202. The van der Waals surface area contributed by atoms with Crippen LogP contribution in [0.4, 0.5) is 5.69 Å². The fourth-order valence-electron chi connectivity index (χ4n) is 5.57. The minimum absolute atomic E-state index is 0.00195. The molecule has 1 aromatic heterocycles. The third-order valence-electron chi connectivity index (χ3n) is 7.94. The van der Waals surface area contributed by atoms with Crippen LogP contribution in [0.2, 0.25) is 0 Å². The molecule has 0 fully saturated rings. The average Bonchev–Trinajstić information content (AvgIpc) is 3.02. The van der Waals surface area contributed by atoms with Gasteiger partial charge in [0.15, 0.2) is 0 Å². The van der Waals surface area contributed by atoms with Crippen molar-refractivity contribution in [1.29, 1.82) is 0 Å². The van der Waals surface area contributed by atoms with E-state index in [2.05, 4.69) is 43.1 Å². The van der Waals surface area contributed by atoms with Gasteiger partial charge in [0.05, 0.1) is 35.6 Å². The van der Waals surface area contributed by atoms with Crippen LogP contribution in [0.1, 0.15) is 71.5 Å². The summed E-state index contributed by atoms with van der Waals surface area (Å²) in [5.74, 6) is 3.66. The maximum absolute atomic E-state index is 13.9. The topological polar surface area (TPSA) is 211 Å². The molecule has 13 nitrogen and oxygen atoms in total. The van der Waals surface area contributed by atoms with Crippen LogP contribution in [-0.4, -0.2) is 64.7 Å². The minimum Gasteiger partial charge on any atom is -0.368 e. The Balaban J connectivity index is 1.70. The number of hydrogen-bond acceptors (Lipinski definition) is 8. The van der Waals surface area contributed by atoms with Gasteiger partial charge in [-0.3, -0.25) is 24.0 Å². The van der Waals surface area contributed by atoms with Gasteiger partial charge in [-0.05, 0) is 88.7 Å². The van der Waals surface area contributed by atoms with E-state index in [1.165, 1.54) is 0 Å². The van der Waals surface area contributed by atoms with E-state index in [9.17, 15) is 24.0 Å². The summed E-state index contributed by atoms with van der Waals surface area (Å²) < 4.78 is 0. The van der Waals surface area contributed by atoms with E-state index in [-0.39, 0.29) is 49.2 Å². The van der Waals surface area contributed by atoms with E-state index < -0.39 is 35.7 Å². The molecular formula is C37H44N8O5. The second-order valence-corrected chi connectivity index (χ2v) is 13.4. The second kappa shape index (κ2) is 15.7. The first-order valence-electron chi connectivity index (χ1n) is 16.3. The number of hydrogen-bond donors (Lipinski definition) is 6. The molecular weight excluding hydrogens is 636 g/mol. The maximum atomic E-state index is 13.9. The lowest BCUT2D eigenvalue weighted by Crippen LogP contribution is -2.49. The van der Waals surface area contributed by atoms with Gasteiger partial charge < -0.3 is 32.7 Å². The lowest BCUT2D eigenvalue weighted by Gasteiger charge is -2.23. The summed E-state index contributed by atoms with van der Waals surface area (Å²) in [6.07, 6.45) is 0.213. The summed E-state index contributed by atoms with van der Waals surface area (Å²) in [5, 5.41) is 11.0. The van der Waals surface area contributed by atoms with Gasteiger partial charge >= 0.3 is 0 Å². The van der Waals surface area contributed by atoms with Gasteiger partial charge in [0.1, 0.15) is 12.1 Å². The number of anilines is 1. The Morgan fingerprint density at radius 2 is 1.72 bits per heavy atom. The third kappa shape index (κ3) is 9.73. The maximum Gasteiger partial charge on any atom is 0.255 e. The Kier molecular flexibility index (Phi) is 11.7. The zero-order valence-electron chi connectivity index (χ0n) is 29.2. The third-order valence-corrected chi connectivity index (χ3v) is 7.94. The highest BCUT2D eigenvalue weighted by Crippen LogP contribution is 2.34. The molecule has 0 spiro atoms. The van der Waals surface area contributed by atoms with Crippen LogP contribution >= 0.6 is 0 Å². The molecule has 1 aliphatic heterocycles. The average molecular weight is 681 g/mol. The van der Waals surface area contributed by atoms with Gasteiger partial charge in [-0.25, -0.2) is 9.97 Å². The molecule has 5 amide bonds. The molecule has 2 aromatic carbocycles. The van der Waals surface area contributed by atoms with Gasteiger partial charge in [-0.15, -0.1) is 0 Å². The van der Waals surface area contributed by atoms with Crippen molar-refractivity contribution in [3.63, 3.8) is 0 Å². The highest BCUT2D eigenvalue weighted by atomic mass is 16.2. The number of benzene rings is 2. The number of carbonyl (C=O) groups is 5. The Morgan fingerprint density at radius 1 is 1.02 bits per heavy atom. The SMILES string of the molecule is Cc1cc2cc(c1NC(=O)[C@H](CCN)NC(=O)c1c(C)nc(C#CC(C)(C)C)nc1C)-c1cccc(c1)CC(=O)NCC(=O)NC(C(N)=O)C2. The van der Waals surface area contributed by atoms with Crippen molar-refractivity contribution >= 4 is 35.2 Å². The summed E-state index contributed by atoms with van der Waals surface area (Å²) in [4.78, 5) is 73.7. The molecule has 0 saturated carbocycles. The van der Waals surface area contributed by atoms with Gasteiger partial charge in [-0.1, -0.05) is 36.3 Å². The van der Waals surface area contributed by atoms with Crippen molar-refractivity contribution in [1.82, 2.24) is 25.9 Å². The standard InChI is InChI=1S/C37H44N8O5/c1-20-14-24-16-26(25-9-7-8-23(15-25)18-30(46)40-19-31(47)43-28(17-24)34(39)48)33(20)45-35(49)27(11-13-38)44-36(50)32-21(2)41-29(42-22(32)3)10-12-37(4,5)6/h7-9,14-16,27-28H,11,13,17-19,38H2,1-6H3,(H2,39,48)(H,40,46)(H,43,47)(H,44,50)(H,45,49)/t27-,28?/m0/s1. The summed E-state index contributed by atoms with van der Waals surface area (Å²) in [5.41, 5.74) is 16.1. The number of aromatic nitrogens is 2. The lowest BCUT2D eigenvalue weighted by molar-refractivity contribution is -0.128. The summed E-state index contributed by atoms with van der Waals surface area (Å²) in [7, 11) is 0. The second-order valence-electron chi connectivity index (χ2n) is 13.4. The fraction of sp³-hybridized carbons (Fsp3) is 0.378. The Bertz CT molecular complexity index is 1880. The van der Waals surface area contributed by atoms with Crippen molar-refractivity contribution in [3.8, 4) is 23.0 Å². The summed E-state index contributed by atoms with van der Waals surface area (Å²) in [6, 6.07) is 8.80. The van der Waals surface area contributed by atoms with E-state index in [4.69, 9.17) is 11.5 Å². The predicted octanol–water partition coefficient (Wildman–Crippen LogP) is 1.74. The van der Waals surface area contributed by atoms with Crippen LogP contribution in [0.25, 0.3) is 11.1 Å². The minimum atomic E-state index is -1.04. The molecule has 4 bridgehead atoms. The van der Waals surface area contributed by atoms with E-state index in [0.717, 1.165) is 0 Å². The highest BCUT2D eigenvalue weighted by molar-refractivity contribution is 6.04.